The molecule has 100 valence electrons. The molecular formula is C15H24N2O. The Morgan fingerprint density at radius 2 is 2.33 bits per heavy atom. The summed E-state index contributed by atoms with van der Waals surface area (Å²) >= 11 is 0. The number of rotatable bonds is 4. The fraction of sp³-hybridized carbons (Fsp3) is 0.800. The van der Waals surface area contributed by atoms with Crippen LogP contribution in [-0.4, -0.2) is 21.5 Å². The van der Waals surface area contributed by atoms with E-state index in [9.17, 15) is 5.11 Å². The maximum atomic E-state index is 9.93. The molecule has 1 aromatic rings. The van der Waals surface area contributed by atoms with Crippen molar-refractivity contribution >= 4 is 0 Å². The normalized spacial score (nSPS) is 34.4. The average molecular weight is 248 g/mol. The standard InChI is InChI=1S/C15H24N2O/c1-3-13-7-14(17(2)16-13)9-15(10-18)8-11-4-5-12(15)6-11/h7,11-12,18H,3-6,8-10H2,1-2H3. The number of fused-ring (bicyclic) bond motifs is 2. The lowest BCUT2D eigenvalue weighted by Crippen LogP contribution is -2.34. The third-order valence-electron chi connectivity index (χ3n) is 5.34. The smallest absolute Gasteiger partial charge is 0.0624 e. The second-order valence-corrected chi connectivity index (χ2v) is 6.38. The molecule has 0 aliphatic heterocycles. The van der Waals surface area contributed by atoms with Gasteiger partial charge in [0, 0.05) is 24.8 Å². The Balaban J connectivity index is 1.83. The van der Waals surface area contributed by atoms with Crippen LogP contribution in [-0.2, 0) is 19.9 Å². The first-order valence-corrected chi connectivity index (χ1v) is 7.29. The van der Waals surface area contributed by atoms with Gasteiger partial charge in [-0.25, -0.2) is 0 Å². The van der Waals surface area contributed by atoms with E-state index in [0.717, 1.165) is 24.7 Å². The predicted octanol–water partition coefficient (Wildman–Crippen LogP) is 2.32. The van der Waals surface area contributed by atoms with E-state index in [0.29, 0.717) is 6.61 Å². The number of aryl methyl sites for hydroxylation is 2. The molecule has 2 bridgehead atoms. The summed E-state index contributed by atoms with van der Waals surface area (Å²) in [7, 11) is 2.03. The summed E-state index contributed by atoms with van der Waals surface area (Å²) in [6.45, 7) is 2.49. The van der Waals surface area contributed by atoms with Crippen molar-refractivity contribution < 1.29 is 5.11 Å². The largest absolute Gasteiger partial charge is 0.396 e. The number of aliphatic hydroxyl groups is 1. The lowest BCUT2D eigenvalue weighted by Gasteiger charge is -2.36. The van der Waals surface area contributed by atoms with E-state index in [1.807, 2.05) is 11.7 Å². The zero-order valence-corrected chi connectivity index (χ0v) is 11.5. The van der Waals surface area contributed by atoms with Crippen LogP contribution in [0.15, 0.2) is 6.07 Å². The second kappa shape index (κ2) is 4.37. The number of aromatic nitrogens is 2. The maximum Gasteiger partial charge on any atom is 0.0624 e. The minimum atomic E-state index is 0.154. The van der Waals surface area contributed by atoms with Crippen molar-refractivity contribution in [2.75, 3.05) is 6.61 Å². The third-order valence-corrected chi connectivity index (χ3v) is 5.34. The van der Waals surface area contributed by atoms with Gasteiger partial charge in [0.25, 0.3) is 0 Å². The van der Waals surface area contributed by atoms with Gasteiger partial charge < -0.3 is 5.11 Å². The van der Waals surface area contributed by atoms with Gasteiger partial charge in [0.15, 0.2) is 0 Å². The monoisotopic (exact) mass is 248 g/mol. The summed E-state index contributed by atoms with van der Waals surface area (Å²) in [5.41, 5.74) is 2.62. The molecule has 3 atom stereocenters. The van der Waals surface area contributed by atoms with Crippen LogP contribution in [0.1, 0.15) is 44.0 Å². The lowest BCUT2D eigenvalue weighted by molar-refractivity contribution is 0.0633. The van der Waals surface area contributed by atoms with Crippen LogP contribution < -0.4 is 0 Å². The van der Waals surface area contributed by atoms with Crippen LogP contribution in [0.3, 0.4) is 0 Å². The van der Waals surface area contributed by atoms with Gasteiger partial charge in [-0.15, -0.1) is 0 Å². The molecule has 2 aliphatic carbocycles. The highest BCUT2D eigenvalue weighted by Gasteiger charge is 2.50. The van der Waals surface area contributed by atoms with E-state index in [-0.39, 0.29) is 5.41 Å². The predicted molar refractivity (Wildman–Crippen MR) is 71.3 cm³/mol. The second-order valence-electron chi connectivity index (χ2n) is 6.38. The van der Waals surface area contributed by atoms with Crippen LogP contribution >= 0.6 is 0 Å². The number of hydrogen-bond acceptors (Lipinski definition) is 2. The van der Waals surface area contributed by atoms with Crippen molar-refractivity contribution in [2.45, 2.75) is 45.4 Å². The maximum absolute atomic E-state index is 9.93. The Bertz CT molecular complexity index is 440. The molecule has 3 rings (SSSR count). The van der Waals surface area contributed by atoms with Gasteiger partial charge in [-0.2, -0.15) is 5.10 Å². The Morgan fingerprint density at radius 1 is 1.50 bits per heavy atom. The molecule has 2 aliphatic rings. The van der Waals surface area contributed by atoms with E-state index in [1.165, 1.54) is 37.1 Å². The van der Waals surface area contributed by atoms with Gasteiger partial charge >= 0.3 is 0 Å². The molecule has 3 unspecified atom stereocenters. The molecule has 0 radical (unpaired) electrons. The van der Waals surface area contributed by atoms with E-state index >= 15 is 0 Å². The van der Waals surface area contributed by atoms with Crippen LogP contribution in [0.4, 0.5) is 0 Å². The Labute approximate surface area is 109 Å². The van der Waals surface area contributed by atoms with Crippen molar-refractivity contribution in [3.05, 3.63) is 17.5 Å². The molecule has 3 heteroatoms. The number of nitrogens with zero attached hydrogens (tertiary/aromatic N) is 2. The molecule has 0 amide bonds. The van der Waals surface area contributed by atoms with Gasteiger partial charge in [-0.1, -0.05) is 13.3 Å². The quantitative estimate of drug-likeness (QED) is 0.888. The minimum Gasteiger partial charge on any atom is -0.396 e. The number of aliphatic hydroxyl groups excluding tert-OH is 1. The fourth-order valence-electron chi connectivity index (χ4n) is 4.29. The summed E-state index contributed by atoms with van der Waals surface area (Å²) in [6, 6.07) is 2.23. The van der Waals surface area contributed by atoms with Gasteiger partial charge in [0.1, 0.15) is 0 Å². The molecule has 0 aromatic carbocycles. The molecule has 0 saturated heterocycles. The van der Waals surface area contributed by atoms with Crippen molar-refractivity contribution in [1.82, 2.24) is 9.78 Å². The molecule has 1 heterocycles. The zero-order valence-electron chi connectivity index (χ0n) is 11.5. The third kappa shape index (κ3) is 1.80. The summed E-state index contributed by atoms with van der Waals surface area (Å²) in [4.78, 5) is 0. The van der Waals surface area contributed by atoms with E-state index in [4.69, 9.17) is 0 Å². The Morgan fingerprint density at radius 3 is 2.83 bits per heavy atom. The van der Waals surface area contributed by atoms with Gasteiger partial charge in [0.2, 0.25) is 0 Å². The Hall–Kier alpha value is -0.830. The molecular weight excluding hydrogens is 224 g/mol. The van der Waals surface area contributed by atoms with Crippen molar-refractivity contribution in [3.8, 4) is 0 Å². The average Bonchev–Trinajstić information content (AvgIpc) is 3.05. The zero-order chi connectivity index (χ0) is 12.8. The molecule has 18 heavy (non-hydrogen) atoms. The van der Waals surface area contributed by atoms with Crippen molar-refractivity contribution in [3.63, 3.8) is 0 Å². The molecule has 1 N–H and O–H groups in total. The first-order valence-electron chi connectivity index (χ1n) is 7.29. The van der Waals surface area contributed by atoms with E-state index in [1.54, 1.807) is 0 Å². The highest BCUT2D eigenvalue weighted by molar-refractivity contribution is 5.15. The van der Waals surface area contributed by atoms with Crippen LogP contribution in [0.25, 0.3) is 0 Å². The van der Waals surface area contributed by atoms with Gasteiger partial charge in [-0.05, 0) is 50.0 Å². The Kier molecular flexibility index (Phi) is 2.97. The molecule has 1 aromatic heterocycles. The molecule has 2 saturated carbocycles. The topological polar surface area (TPSA) is 38.0 Å². The van der Waals surface area contributed by atoms with E-state index < -0.39 is 0 Å². The first-order chi connectivity index (χ1) is 8.66. The highest BCUT2D eigenvalue weighted by atomic mass is 16.3. The fourth-order valence-corrected chi connectivity index (χ4v) is 4.29. The summed E-state index contributed by atoms with van der Waals surface area (Å²) < 4.78 is 2.02. The van der Waals surface area contributed by atoms with Crippen molar-refractivity contribution in [2.24, 2.45) is 24.3 Å². The first kappa shape index (κ1) is 12.2. The minimum absolute atomic E-state index is 0.154. The summed E-state index contributed by atoms with van der Waals surface area (Å²) in [5.74, 6) is 1.62. The highest BCUT2D eigenvalue weighted by Crippen LogP contribution is 2.57. The SMILES string of the molecule is CCc1cc(CC2(CO)CC3CCC2C3)n(C)n1. The molecule has 0 spiro atoms. The lowest BCUT2D eigenvalue weighted by atomic mass is 9.70. The van der Waals surface area contributed by atoms with E-state index in [2.05, 4.69) is 18.1 Å². The van der Waals surface area contributed by atoms with Crippen LogP contribution in [0.5, 0.6) is 0 Å². The summed E-state index contributed by atoms with van der Waals surface area (Å²) in [6.07, 6.45) is 7.28. The van der Waals surface area contributed by atoms with Gasteiger partial charge in [0.05, 0.1) is 5.69 Å². The molecule has 3 nitrogen and oxygen atoms in total. The summed E-state index contributed by atoms with van der Waals surface area (Å²) in [5, 5.41) is 14.5. The molecule has 2 fully saturated rings. The van der Waals surface area contributed by atoms with Crippen molar-refractivity contribution in [1.29, 1.82) is 0 Å². The van der Waals surface area contributed by atoms with Gasteiger partial charge in [-0.3, -0.25) is 4.68 Å². The number of hydrogen-bond donors (Lipinski definition) is 1. The van der Waals surface area contributed by atoms with Crippen LogP contribution in [0.2, 0.25) is 0 Å². The van der Waals surface area contributed by atoms with Crippen LogP contribution in [0, 0.1) is 17.3 Å².